The summed E-state index contributed by atoms with van der Waals surface area (Å²) >= 11 is 9.67. The molecule has 0 aliphatic rings. The van der Waals surface area contributed by atoms with Crippen LogP contribution in [0.3, 0.4) is 0 Å². The molecule has 0 N–H and O–H groups in total. The third-order valence-electron chi connectivity index (χ3n) is 4.65. The molecule has 29 heavy (non-hydrogen) atoms. The zero-order valence-corrected chi connectivity index (χ0v) is 18.5. The molecular weight excluding hydrogens is 456 g/mol. The fourth-order valence-electron chi connectivity index (χ4n) is 3.06. The summed E-state index contributed by atoms with van der Waals surface area (Å²) < 4.78 is 13.8. The van der Waals surface area contributed by atoms with Gasteiger partial charge in [0.1, 0.15) is 5.75 Å². The number of benzene rings is 2. The molecule has 0 unspecified atom stereocenters. The maximum atomic E-state index is 6.10. The summed E-state index contributed by atoms with van der Waals surface area (Å²) in [6.07, 6.45) is 0. The lowest BCUT2D eigenvalue weighted by atomic mass is 10.1. The smallest absolute Gasteiger partial charge is 0.258 e. The average molecular weight is 474 g/mol. The van der Waals surface area contributed by atoms with E-state index < -0.39 is 0 Å². The van der Waals surface area contributed by atoms with Gasteiger partial charge in [-0.3, -0.25) is 4.68 Å². The van der Waals surface area contributed by atoms with Crippen molar-refractivity contribution in [1.82, 2.24) is 19.9 Å². The molecule has 0 radical (unpaired) electrons. The SMILES string of the molecule is COc1ccc(Cl)cc1-c1noc(-c2ccc(Cn3nc(C)c(Br)c3C)cc2)n1. The second-order valence-corrected chi connectivity index (χ2v) is 7.84. The van der Waals surface area contributed by atoms with Crippen LogP contribution >= 0.6 is 27.5 Å². The highest BCUT2D eigenvalue weighted by Gasteiger charge is 2.15. The first-order valence-corrected chi connectivity index (χ1v) is 10.1. The van der Waals surface area contributed by atoms with Crippen molar-refractivity contribution < 1.29 is 9.26 Å². The van der Waals surface area contributed by atoms with E-state index in [0.717, 1.165) is 27.0 Å². The van der Waals surface area contributed by atoms with Gasteiger partial charge in [0.2, 0.25) is 5.82 Å². The van der Waals surface area contributed by atoms with Crippen LogP contribution in [0, 0.1) is 13.8 Å². The third-order valence-corrected chi connectivity index (χ3v) is 6.04. The molecule has 0 saturated carbocycles. The van der Waals surface area contributed by atoms with Crippen molar-refractivity contribution in [1.29, 1.82) is 0 Å². The zero-order valence-electron chi connectivity index (χ0n) is 16.1. The summed E-state index contributed by atoms with van der Waals surface area (Å²) in [6, 6.07) is 13.3. The lowest BCUT2D eigenvalue weighted by Crippen LogP contribution is -2.03. The fraction of sp³-hybridized carbons (Fsp3) is 0.190. The summed E-state index contributed by atoms with van der Waals surface area (Å²) in [5.74, 6) is 1.49. The van der Waals surface area contributed by atoms with Gasteiger partial charge in [-0.15, -0.1) is 0 Å². The predicted molar refractivity (Wildman–Crippen MR) is 115 cm³/mol. The van der Waals surface area contributed by atoms with Gasteiger partial charge in [0.15, 0.2) is 0 Å². The molecule has 4 aromatic rings. The average Bonchev–Trinajstić information content (AvgIpc) is 3.30. The van der Waals surface area contributed by atoms with Crippen molar-refractivity contribution in [3.63, 3.8) is 0 Å². The Balaban J connectivity index is 1.57. The molecule has 8 heteroatoms. The quantitative estimate of drug-likeness (QED) is 0.372. The van der Waals surface area contributed by atoms with Crippen LogP contribution in [0.5, 0.6) is 5.75 Å². The van der Waals surface area contributed by atoms with E-state index in [1.54, 1.807) is 25.3 Å². The highest BCUT2D eigenvalue weighted by atomic mass is 79.9. The molecule has 148 valence electrons. The van der Waals surface area contributed by atoms with Crippen molar-refractivity contribution >= 4 is 27.5 Å². The molecule has 6 nitrogen and oxygen atoms in total. The van der Waals surface area contributed by atoms with Crippen molar-refractivity contribution in [2.24, 2.45) is 0 Å². The number of halogens is 2. The van der Waals surface area contributed by atoms with Crippen LogP contribution in [-0.2, 0) is 6.54 Å². The monoisotopic (exact) mass is 472 g/mol. The molecule has 0 spiro atoms. The first-order valence-electron chi connectivity index (χ1n) is 8.92. The minimum atomic E-state index is 0.427. The molecule has 0 saturated heterocycles. The van der Waals surface area contributed by atoms with Crippen molar-refractivity contribution in [2.45, 2.75) is 20.4 Å². The lowest BCUT2D eigenvalue weighted by molar-refractivity contribution is 0.413. The Morgan fingerprint density at radius 3 is 2.55 bits per heavy atom. The van der Waals surface area contributed by atoms with Gasteiger partial charge in [-0.05, 0) is 65.7 Å². The molecule has 0 amide bonds. The van der Waals surface area contributed by atoms with Crippen molar-refractivity contribution in [3.8, 4) is 28.6 Å². The maximum absolute atomic E-state index is 6.10. The Labute approximate surface area is 181 Å². The normalized spacial score (nSPS) is 11.1. The van der Waals surface area contributed by atoms with E-state index in [1.807, 2.05) is 42.8 Å². The van der Waals surface area contributed by atoms with E-state index >= 15 is 0 Å². The van der Waals surface area contributed by atoms with Gasteiger partial charge >= 0.3 is 0 Å². The Bertz CT molecular complexity index is 1170. The number of ether oxygens (including phenoxy) is 1. The summed E-state index contributed by atoms with van der Waals surface area (Å²) in [5.41, 5.74) is 4.73. The number of nitrogens with zero attached hydrogens (tertiary/aromatic N) is 4. The van der Waals surface area contributed by atoms with Gasteiger partial charge in [-0.2, -0.15) is 10.1 Å². The molecule has 2 aromatic carbocycles. The first-order chi connectivity index (χ1) is 14.0. The summed E-state index contributed by atoms with van der Waals surface area (Å²) in [4.78, 5) is 4.50. The summed E-state index contributed by atoms with van der Waals surface area (Å²) in [7, 11) is 1.59. The highest BCUT2D eigenvalue weighted by Crippen LogP contribution is 2.32. The molecule has 2 heterocycles. The van der Waals surface area contributed by atoms with Crippen LogP contribution in [-0.4, -0.2) is 27.0 Å². The van der Waals surface area contributed by atoms with Gasteiger partial charge in [0, 0.05) is 10.6 Å². The minimum absolute atomic E-state index is 0.427. The second-order valence-electron chi connectivity index (χ2n) is 6.61. The van der Waals surface area contributed by atoms with E-state index in [9.17, 15) is 0 Å². The van der Waals surface area contributed by atoms with Crippen LogP contribution in [0.25, 0.3) is 22.8 Å². The molecule has 0 aliphatic carbocycles. The molecule has 2 aromatic heterocycles. The Morgan fingerprint density at radius 2 is 1.90 bits per heavy atom. The van der Waals surface area contributed by atoms with Crippen LogP contribution < -0.4 is 4.74 Å². The number of aryl methyl sites for hydroxylation is 1. The van der Waals surface area contributed by atoms with Crippen LogP contribution in [0.1, 0.15) is 17.0 Å². The maximum Gasteiger partial charge on any atom is 0.258 e. The predicted octanol–water partition coefficient (Wildman–Crippen LogP) is 5.69. The molecule has 0 bridgehead atoms. The molecule has 0 atom stereocenters. The number of hydrogen-bond acceptors (Lipinski definition) is 5. The minimum Gasteiger partial charge on any atom is -0.496 e. The number of rotatable bonds is 5. The summed E-state index contributed by atoms with van der Waals surface area (Å²) in [5, 5.41) is 9.21. The van der Waals surface area contributed by atoms with Crippen LogP contribution in [0.2, 0.25) is 5.02 Å². The number of hydrogen-bond donors (Lipinski definition) is 0. The van der Waals surface area contributed by atoms with Gasteiger partial charge < -0.3 is 9.26 Å². The van der Waals surface area contributed by atoms with Gasteiger partial charge in [0.05, 0.1) is 35.1 Å². The summed E-state index contributed by atoms with van der Waals surface area (Å²) in [6.45, 7) is 4.72. The Morgan fingerprint density at radius 1 is 1.14 bits per heavy atom. The van der Waals surface area contributed by atoms with Crippen molar-refractivity contribution in [2.75, 3.05) is 7.11 Å². The highest BCUT2D eigenvalue weighted by molar-refractivity contribution is 9.10. The van der Waals surface area contributed by atoms with Crippen molar-refractivity contribution in [3.05, 3.63) is 68.9 Å². The zero-order chi connectivity index (χ0) is 20.5. The Kier molecular flexibility index (Phi) is 5.43. The van der Waals surface area contributed by atoms with E-state index in [0.29, 0.717) is 34.6 Å². The molecule has 0 aliphatic heterocycles. The van der Waals surface area contributed by atoms with E-state index in [4.69, 9.17) is 20.9 Å². The van der Waals surface area contributed by atoms with Crippen LogP contribution in [0.4, 0.5) is 0 Å². The molecule has 0 fully saturated rings. The number of aromatic nitrogens is 4. The van der Waals surface area contributed by atoms with E-state index in [1.165, 1.54) is 0 Å². The van der Waals surface area contributed by atoms with Gasteiger partial charge in [-0.1, -0.05) is 28.9 Å². The third kappa shape index (κ3) is 3.93. The second kappa shape index (κ2) is 8.00. The van der Waals surface area contributed by atoms with Gasteiger partial charge in [0.25, 0.3) is 5.89 Å². The topological polar surface area (TPSA) is 66.0 Å². The molecular formula is C21H18BrClN4O2. The largest absolute Gasteiger partial charge is 0.496 e. The first kappa shape index (κ1) is 19.7. The lowest BCUT2D eigenvalue weighted by Gasteiger charge is -2.05. The number of methoxy groups -OCH3 is 1. The molecule has 4 rings (SSSR count). The standard InChI is InChI=1S/C21H18BrClN4O2/c1-12-19(22)13(2)27(25-12)11-14-4-6-15(7-5-14)21-24-20(26-29-21)17-10-16(23)8-9-18(17)28-3/h4-10H,11H2,1-3H3. The van der Waals surface area contributed by atoms with E-state index in [2.05, 4.69) is 31.2 Å². The fourth-order valence-corrected chi connectivity index (χ4v) is 3.52. The van der Waals surface area contributed by atoms with Crippen LogP contribution in [0.15, 0.2) is 51.5 Å². The van der Waals surface area contributed by atoms with Gasteiger partial charge in [-0.25, -0.2) is 0 Å². The van der Waals surface area contributed by atoms with E-state index in [-0.39, 0.29) is 0 Å². The Hall–Kier alpha value is -2.64.